The molecule has 0 unspecified atom stereocenters. The molecule has 0 aromatic heterocycles. The number of nitrogens with one attached hydrogen (secondary N) is 1. The topological polar surface area (TPSA) is 72.5 Å². The quantitative estimate of drug-likeness (QED) is 0.736. The minimum absolute atomic E-state index is 0.0962. The van der Waals surface area contributed by atoms with Gasteiger partial charge in [0.05, 0.1) is 12.0 Å². The maximum Gasteiger partial charge on any atom is 0.239 e. The second-order valence-corrected chi connectivity index (χ2v) is 8.58. The molecule has 0 spiro atoms. The molecule has 0 aliphatic heterocycles. The first-order valence-electron chi connectivity index (χ1n) is 8.68. The van der Waals surface area contributed by atoms with Gasteiger partial charge in [-0.15, -0.1) is 0 Å². The predicted octanol–water partition coefficient (Wildman–Crippen LogP) is 3.36. The highest BCUT2D eigenvalue weighted by Gasteiger charge is 2.21. The van der Waals surface area contributed by atoms with Crippen molar-refractivity contribution in [1.82, 2.24) is 0 Å². The van der Waals surface area contributed by atoms with Crippen molar-refractivity contribution in [3.63, 3.8) is 0 Å². The summed E-state index contributed by atoms with van der Waals surface area (Å²) in [5, 5.41) is 4.90. The summed E-state index contributed by atoms with van der Waals surface area (Å²) in [6.07, 6.45) is 1.99. The second kappa shape index (κ2) is 6.70. The lowest BCUT2D eigenvalue weighted by molar-refractivity contribution is -0.113. The van der Waals surface area contributed by atoms with Crippen LogP contribution in [0.4, 0.5) is 5.69 Å². The van der Waals surface area contributed by atoms with Crippen molar-refractivity contribution in [2.45, 2.75) is 17.7 Å². The van der Waals surface area contributed by atoms with Gasteiger partial charge in [0.15, 0.2) is 9.84 Å². The number of rotatable bonds is 5. The Balaban J connectivity index is 1.57. The zero-order chi connectivity index (χ0) is 19.0. The van der Waals surface area contributed by atoms with Crippen LogP contribution in [0.5, 0.6) is 5.75 Å². The summed E-state index contributed by atoms with van der Waals surface area (Å²) in [5.41, 5.74) is 3.18. The van der Waals surface area contributed by atoms with Crippen LogP contribution >= 0.6 is 0 Å². The van der Waals surface area contributed by atoms with Crippen molar-refractivity contribution in [3.05, 3.63) is 65.7 Å². The molecule has 0 saturated heterocycles. The van der Waals surface area contributed by atoms with Crippen LogP contribution in [-0.2, 0) is 27.5 Å². The van der Waals surface area contributed by atoms with Gasteiger partial charge in [-0.1, -0.05) is 24.3 Å². The molecular formula is C21H19NO4S. The predicted molar refractivity (Wildman–Crippen MR) is 105 cm³/mol. The van der Waals surface area contributed by atoms with Gasteiger partial charge >= 0.3 is 0 Å². The van der Waals surface area contributed by atoms with E-state index >= 15 is 0 Å². The Hall–Kier alpha value is -2.86. The van der Waals surface area contributed by atoms with Crippen LogP contribution < -0.4 is 10.1 Å². The fourth-order valence-corrected chi connectivity index (χ4v) is 4.72. The Morgan fingerprint density at radius 3 is 2.41 bits per heavy atom. The van der Waals surface area contributed by atoms with E-state index in [1.165, 1.54) is 35.8 Å². The molecule has 0 atom stereocenters. The maximum absolute atomic E-state index is 12.5. The fourth-order valence-electron chi connectivity index (χ4n) is 3.58. The van der Waals surface area contributed by atoms with Gasteiger partial charge in [0.1, 0.15) is 11.5 Å². The van der Waals surface area contributed by atoms with E-state index in [4.69, 9.17) is 4.74 Å². The lowest BCUT2D eigenvalue weighted by atomic mass is 10.0. The molecule has 0 bridgehead atoms. The number of carbonyl (C=O) groups excluding carboxylic acids is 1. The van der Waals surface area contributed by atoms with Gasteiger partial charge in [-0.3, -0.25) is 4.79 Å². The lowest BCUT2D eigenvalue weighted by Gasteiger charge is -2.11. The third kappa shape index (κ3) is 3.28. The van der Waals surface area contributed by atoms with Crippen molar-refractivity contribution in [2.24, 2.45) is 0 Å². The van der Waals surface area contributed by atoms with Crippen LogP contribution in [0.25, 0.3) is 10.8 Å². The first-order valence-corrected chi connectivity index (χ1v) is 10.3. The Kier molecular flexibility index (Phi) is 4.36. The Morgan fingerprint density at radius 2 is 1.70 bits per heavy atom. The summed E-state index contributed by atoms with van der Waals surface area (Å²) in [7, 11) is -2.22. The molecule has 1 aliphatic rings. The van der Waals surface area contributed by atoms with Crippen LogP contribution in [0.3, 0.4) is 0 Å². The zero-order valence-electron chi connectivity index (χ0n) is 14.9. The monoisotopic (exact) mass is 381 g/mol. The number of aryl methyl sites for hydroxylation is 2. The highest BCUT2D eigenvalue weighted by atomic mass is 32.2. The molecule has 1 N–H and O–H groups in total. The smallest absolute Gasteiger partial charge is 0.239 e. The van der Waals surface area contributed by atoms with Gasteiger partial charge in [-0.05, 0) is 59.7 Å². The van der Waals surface area contributed by atoms with Gasteiger partial charge in [0, 0.05) is 11.1 Å². The van der Waals surface area contributed by atoms with Crippen LogP contribution in [0.15, 0.2) is 59.5 Å². The van der Waals surface area contributed by atoms with E-state index in [0.717, 1.165) is 18.2 Å². The molecule has 3 aromatic rings. The van der Waals surface area contributed by atoms with Crippen LogP contribution in [-0.4, -0.2) is 27.2 Å². The normalized spacial score (nSPS) is 12.9. The summed E-state index contributed by atoms with van der Waals surface area (Å²) in [6.45, 7) is 0. The zero-order valence-corrected chi connectivity index (χ0v) is 15.7. The first kappa shape index (κ1) is 17.5. The molecule has 27 heavy (non-hydrogen) atoms. The average molecular weight is 381 g/mol. The van der Waals surface area contributed by atoms with Gasteiger partial charge < -0.3 is 10.1 Å². The minimum atomic E-state index is -3.73. The van der Waals surface area contributed by atoms with Crippen LogP contribution in [0.2, 0.25) is 0 Å². The molecule has 3 aromatic carbocycles. The number of hydrogen-bond acceptors (Lipinski definition) is 4. The van der Waals surface area contributed by atoms with Crippen molar-refractivity contribution >= 4 is 32.2 Å². The Morgan fingerprint density at radius 1 is 1.00 bits per heavy atom. The Bertz CT molecular complexity index is 1120. The summed E-state index contributed by atoms with van der Waals surface area (Å²) >= 11 is 0. The molecule has 1 aliphatic carbocycles. The van der Waals surface area contributed by atoms with Gasteiger partial charge in [0.25, 0.3) is 0 Å². The van der Waals surface area contributed by atoms with Crippen molar-refractivity contribution in [2.75, 3.05) is 18.2 Å². The minimum Gasteiger partial charge on any atom is -0.497 e. The van der Waals surface area contributed by atoms with Crippen molar-refractivity contribution < 1.29 is 17.9 Å². The number of sulfone groups is 1. The number of anilines is 1. The molecule has 6 heteroatoms. The maximum atomic E-state index is 12.5. The van der Waals surface area contributed by atoms with Crippen molar-refractivity contribution in [1.29, 1.82) is 0 Å². The summed E-state index contributed by atoms with van der Waals surface area (Å²) in [5.74, 6) is -0.599. The van der Waals surface area contributed by atoms with E-state index in [0.29, 0.717) is 11.4 Å². The second-order valence-electron chi connectivity index (χ2n) is 6.59. The third-order valence-corrected chi connectivity index (χ3v) is 6.52. The number of ether oxygens (including phenoxy) is 1. The molecule has 4 rings (SSSR count). The molecule has 0 fully saturated rings. The molecule has 0 saturated carbocycles. The number of amides is 1. The van der Waals surface area contributed by atoms with E-state index in [-0.39, 0.29) is 4.90 Å². The van der Waals surface area contributed by atoms with E-state index in [1.807, 2.05) is 24.3 Å². The molecule has 1 amide bonds. The molecule has 0 radical (unpaired) electrons. The van der Waals surface area contributed by atoms with Crippen LogP contribution in [0.1, 0.15) is 11.1 Å². The number of carbonyl (C=O) groups is 1. The van der Waals surface area contributed by atoms with E-state index < -0.39 is 21.5 Å². The Labute approximate surface area is 157 Å². The molecule has 5 nitrogen and oxygen atoms in total. The van der Waals surface area contributed by atoms with E-state index in [9.17, 15) is 13.2 Å². The first-order chi connectivity index (χ1) is 13.0. The largest absolute Gasteiger partial charge is 0.497 e. The molecule has 138 valence electrons. The summed E-state index contributed by atoms with van der Waals surface area (Å²) in [6, 6.07) is 15.9. The van der Waals surface area contributed by atoms with Gasteiger partial charge in [-0.25, -0.2) is 8.42 Å². The average Bonchev–Trinajstić information content (AvgIpc) is 3.08. The third-order valence-electron chi connectivity index (χ3n) is 4.89. The number of benzene rings is 3. The van der Waals surface area contributed by atoms with Crippen LogP contribution in [0, 0.1) is 0 Å². The van der Waals surface area contributed by atoms with Gasteiger partial charge in [-0.2, -0.15) is 0 Å². The summed E-state index contributed by atoms with van der Waals surface area (Å²) < 4.78 is 30.1. The fraction of sp³-hybridized carbons (Fsp3) is 0.190. The van der Waals surface area contributed by atoms with E-state index in [2.05, 4.69) is 11.4 Å². The molecular weight excluding hydrogens is 362 g/mol. The van der Waals surface area contributed by atoms with Crippen molar-refractivity contribution in [3.8, 4) is 5.75 Å². The SMILES string of the molecule is COc1ccc(S(=O)(=O)CC(=O)Nc2ccc3c4c(cccc24)CC3)cc1. The highest BCUT2D eigenvalue weighted by molar-refractivity contribution is 7.92. The number of methoxy groups -OCH3 is 1. The molecule has 0 heterocycles. The van der Waals surface area contributed by atoms with E-state index in [1.54, 1.807) is 12.1 Å². The summed E-state index contributed by atoms with van der Waals surface area (Å²) in [4.78, 5) is 12.5. The lowest BCUT2D eigenvalue weighted by Crippen LogP contribution is -2.23. The number of hydrogen-bond donors (Lipinski definition) is 1. The standard InChI is InChI=1S/C21H19NO4S/c1-26-16-8-10-17(11-9-16)27(24,25)13-20(23)22-19-12-7-15-6-5-14-3-2-4-18(19)21(14)15/h2-4,7-12H,5-6,13H2,1H3,(H,22,23). The van der Waals surface area contributed by atoms with Gasteiger partial charge in [0.2, 0.25) is 5.91 Å². The highest BCUT2D eigenvalue weighted by Crippen LogP contribution is 2.35.